The van der Waals surface area contributed by atoms with Crippen molar-refractivity contribution in [1.82, 2.24) is 9.80 Å². The fourth-order valence-electron chi connectivity index (χ4n) is 2.14. The zero-order valence-corrected chi connectivity index (χ0v) is 15.7. The Labute approximate surface area is 149 Å². The van der Waals surface area contributed by atoms with Gasteiger partial charge >= 0.3 is 5.97 Å². The number of nitrogens with zero attached hydrogens (tertiary/aromatic N) is 2. The summed E-state index contributed by atoms with van der Waals surface area (Å²) in [7, 11) is 1.56. The van der Waals surface area contributed by atoms with E-state index in [4.69, 9.17) is 4.74 Å². The Balaban J connectivity index is 2.76. The molecule has 2 amide bonds. The molecule has 0 atom stereocenters. The molecule has 0 aliphatic carbocycles. The van der Waals surface area contributed by atoms with Gasteiger partial charge in [-0.1, -0.05) is 30.3 Å². The van der Waals surface area contributed by atoms with Crippen molar-refractivity contribution < 1.29 is 19.1 Å². The van der Waals surface area contributed by atoms with E-state index in [1.807, 2.05) is 30.3 Å². The van der Waals surface area contributed by atoms with Crippen LogP contribution in [-0.2, 0) is 25.5 Å². The summed E-state index contributed by atoms with van der Waals surface area (Å²) in [6.07, 6.45) is 0.624. The van der Waals surface area contributed by atoms with Gasteiger partial charge in [-0.05, 0) is 32.8 Å². The van der Waals surface area contributed by atoms with Crippen LogP contribution in [0.3, 0.4) is 0 Å². The normalized spacial score (nSPS) is 10.9. The van der Waals surface area contributed by atoms with Crippen LogP contribution in [0.2, 0.25) is 0 Å². The van der Waals surface area contributed by atoms with Crippen molar-refractivity contribution in [3.05, 3.63) is 35.9 Å². The van der Waals surface area contributed by atoms with Gasteiger partial charge < -0.3 is 14.5 Å². The largest absolute Gasteiger partial charge is 0.459 e. The molecule has 6 nitrogen and oxygen atoms in total. The van der Waals surface area contributed by atoms with Crippen molar-refractivity contribution in [2.75, 3.05) is 26.7 Å². The van der Waals surface area contributed by atoms with Gasteiger partial charge in [0.05, 0.1) is 6.54 Å². The molecule has 1 aromatic rings. The van der Waals surface area contributed by atoms with Gasteiger partial charge in [-0.15, -0.1) is 0 Å². The molecular formula is C19H28N2O4. The molecule has 25 heavy (non-hydrogen) atoms. The Bertz CT molecular complexity index is 593. The van der Waals surface area contributed by atoms with E-state index in [0.29, 0.717) is 13.0 Å². The van der Waals surface area contributed by atoms with Gasteiger partial charge in [0.2, 0.25) is 11.8 Å². The lowest BCUT2D eigenvalue weighted by Crippen LogP contribution is -2.44. The fraction of sp³-hybridized carbons (Fsp3) is 0.526. The van der Waals surface area contributed by atoms with Crippen LogP contribution < -0.4 is 0 Å². The summed E-state index contributed by atoms with van der Waals surface area (Å²) in [5, 5.41) is 0. The second-order valence-electron chi connectivity index (χ2n) is 7.01. The van der Waals surface area contributed by atoms with Gasteiger partial charge in [-0.3, -0.25) is 14.4 Å². The zero-order valence-electron chi connectivity index (χ0n) is 15.7. The number of hydrogen-bond donors (Lipinski definition) is 0. The molecule has 1 aromatic carbocycles. The van der Waals surface area contributed by atoms with E-state index in [2.05, 4.69) is 0 Å². The Morgan fingerprint density at radius 1 is 1.04 bits per heavy atom. The molecular weight excluding hydrogens is 320 g/mol. The summed E-state index contributed by atoms with van der Waals surface area (Å²) in [6, 6.07) is 9.72. The van der Waals surface area contributed by atoms with E-state index >= 15 is 0 Å². The second kappa shape index (κ2) is 9.20. The molecule has 0 aliphatic rings. The lowest BCUT2D eigenvalue weighted by Gasteiger charge is -2.26. The number of carbonyl (C=O) groups excluding carboxylic acids is 3. The molecule has 0 bridgehead atoms. The quantitative estimate of drug-likeness (QED) is 0.706. The minimum atomic E-state index is -0.610. The third-order valence-electron chi connectivity index (χ3n) is 3.52. The molecule has 1 rings (SSSR count). The fourth-order valence-corrected chi connectivity index (χ4v) is 2.14. The summed E-state index contributed by atoms with van der Waals surface area (Å²) in [5.41, 5.74) is 0.464. The molecule has 138 valence electrons. The van der Waals surface area contributed by atoms with E-state index in [1.165, 1.54) is 16.7 Å². The highest BCUT2D eigenvalue weighted by molar-refractivity contribution is 5.86. The standard InChI is InChI=1S/C19H28N2O4/c1-15(22)20(5)13-17(23)21(14-18(24)25-19(2,3)4)12-11-16-9-7-6-8-10-16/h6-10H,11-14H2,1-5H3. The van der Waals surface area contributed by atoms with Crippen LogP contribution in [0.4, 0.5) is 0 Å². The topological polar surface area (TPSA) is 66.9 Å². The minimum absolute atomic E-state index is 0.0626. The number of benzene rings is 1. The highest BCUT2D eigenvalue weighted by atomic mass is 16.6. The summed E-state index contributed by atoms with van der Waals surface area (Å²) in [4.78, 5) is 38.7. The van der Waals surface area contributed by atoms with Crippen molar-refractivity contribution in [3.63, 3.8) is 0 Å². The summed E-state index contributed by atoms with van der Waals surface area (Å²) < 4.78 is 5.31. The molecule has 6 heteroatoms. The van der Waals surface area contributed by atoms with Crippen molar-refractivity contribution in [2.45, 2.75) is 39.7 Å². The summed E-state index contributed by atoms with van der Waals surface area (Å²) in [5.74, 6) is -0.937. The first kappa shape index (κ1) is 20.7. The van der Waals surface area contributed by atoms with Gasteiger partial charge in [0.15, 0.2) is 0 Å². The van der Waals surface area contributed by atoms with Crippen molar-refractivity contribution in [3.8, 4) is 0 Å². The Morgan fingerprint density at radius 2 is 1.64 bits per heavy atom. The highest BCUT2D eigenvalue weighted by Gasteiger charge is 2.23. The van der Waals surface area contributed by atoms with E-state index in [9.17, 15) is 14.4 Å². The van der Waals surface area contributed by atoms with Gasteiger partial charge in [0.1, 0.15) is 12.1 Å². The third-order valence-corrected chi connectivity index (χ3v) is 3.52. The first-order valence-electron chi connectivity index (χ1n) is 8.34. The number of amides is 2. The Hall–Kier alpha value is -2.37. The molecule has 0 saturated heterocycles. The number of carbonyl (C=O) groups is 3. The van der Waals surface area contributed by atoms with Crippen LogP contribution in [0.15, 0.2) is 30.3 Å². The molecule has 0 N–H and O–H groups in total. The number of esters is 1. The molecule has 0 fully saturated rings. The van der Waals surface area contributed by atoms with Gasteiger partial charge in [0.25, 0.3) is 0 Å². The molecule has 0 aliphatic heterocycles. The number of hydrogen-bond acceptors (Lipinski definition) is 4. The van der Waals surface area contributed by atoms with E-state index in [1.54, 1.807) is 27.8 Å². The van der Waals surface area contributed by atoms with Crippen LogP contribution in [0, 0.1) is 0 Å². The Kier molecular flexibility index (Phi) is 7.61. The molecule has 0 saturated carbocycles. The molecule has 0 radical (unpaired) electrons. The maximum absolute atomic E-state index is 12.5. The minimum Gasteiger partial charge on any atom is -0.459 e. The average molecular weight is 348 g/mol. The predicted molar refractivity (Wildman–Crippen MR) is 95.9 cm³/mol. The number of ether oxygens (including phenoxy) is 1. The summed E-state index contributed by atoms with van der Waals surface area (Å²) >= 11 is 0. The first-order valence-corrected chi connectivity index (χ1v) is 8.34. The van der Waals surface area contributed by atoms with Crippen LogP contribution in [0.25, 0.3) is 0 Å². The number of rotatable bonds is 7. The smallest absolute Gasteiger partial charge is 0.326 e. The van der Waals surface area contributed by atoms with Crippen LogP contribution in [0.5, 0.6) is 0 Å². The monoisotopic (exact) mass is 348 g/mol. The van der Waals surface area contributed by atoms with E-state index in [-0.39, 0.29) is 24.9 Å². The maximum atomic E-state index is 12.5. The van der Waals surface area contributed by atoms with Gasteiger partial charge in [-0.25, -0.2) is 0 Å². The maximum Gasteiger partial charge on any atom is 0.326 e. The van der Waals surface area contributed by atoms with Crippen LogP contribution in [-0.4, -0.2) is 59.9 Å². The van der Waals surface area contributed by atoms with E-state index < -0.39 is 11.6 Å². The van der Waals surface area contributed by atoms with Crippen molar-refractivity contribution in [2.24, 2.45) is 0 Å². The molecule has 0 heterocycles. The highest BCUT2D eigenvalue weighted by Crippen LogP contribution is 2.09. The van der Waals surface area contributed by atoms with Crippen LogP contribution >= 0.6 is 0 Å². The average Bonchev–Trinajstić information content (AvgIpc) is 2.50. The van der Waals surface area contributed by atoms with Crippen molar-refractivity contribution >= 4 is 17.8 Å². The Morgan fingerprint density at radius 3 is 2.16 bits per heavy atom. The lowest BCUT2D eigenvalue weighted by atomic mass is 10.1. The predicted octanol–water partition coefficient (Wildman–Crippen LogP) is 1.88. The van der Waals surface area contributed by atoms with Crippen LogP contribution in [0.1, 0.15) is 33.3 Å². The third kappa shape index (κ3) is 8.33. The van der Waals surface area contributed by atoms with Crippen molar-refractivity contribution in [1.29, 1.82) is 0 Å². The summed E-state index contributed by atoms with van der Waals surface area (Å²) in [6.45, 7) is 6.94. The lowest BCUT2D eigenvalue weighted by molar-refractivity contribution is -0.159. The first-order chi connectivity index (χ1) is 11.6. The van der Waals surface area contributed by atoms with Gasteiger partial charge in [0, 0.05) is 20.5 Å². The number of likely N-dealkylation sites (N-methyl/N-ethyl adjacent to an activating group) is 1. The van der Waals surface area contributed by atoms with E-state index in [0.717, 1.165) is 5.56 Å². The molecule has 0 unspecified atom stereocenters. The molecule has 0 spiro atoms. The SMILES string of the molecule is CC(=O)N(C)CC(=O)N(CCc1ccccc1)CC(=O)OC(C)(C)C. The second-order valence-corrected chi connectivity index (χ2v) is 7.01. The zero-order chi connectivity index (χ0) is 19.0. The molecule has 0 aromatic heterocycles. The van der Waals surface area contributed by atoms with Gasteiger partial charge in [-0.2, -0.15) is 0 Å².